The number of nitrogens with one attached hydrogen (secondary N) is 1. The maximum absolute atomic E-state index is 13.6. The average molecular weight is 370 g/mol. The summed E-state index contributed by atoms with van der Waals surface area (Å²) in [5.74, 6) is -0.976. The number of halogens is 1. The van der Waals surface area contributed by atoms with Gasteiger partial charge in [0.1, 0.15) is 12.4 Å². The van der Waals surface area contributed by atoms with Crippen molar-refractivity contribution in [2.24, 2.45) is 0 Å². The molecule has 1 aliphatic heterocycles. The van der Waals surface area contributed by atoms with E-state index in [0.717, 1.165) is 9.69 Å². The summed E-state index contributed by atoms with van der Waals surface area (Å²) < 4.78 is 40.4. The first-order valence-electron chi connectivity index (χ1n) is 7.98. The molecule has 0 bridgehead atoms. The van der Waals surface area contributed by atoms with Crippen molar-refractivity contribution in [2.45, 2.75) is 11.8 Å². The molecule has 1 amide bonds. The fraction of sp³-hybridized carbons (Fsp3) is 0.105. The summed E-state index contributed by atoms with van der Waals surface area (Å²) in [7, 11) is -3.80. The van der Waals surface area contributed by atoms with Gasteiger partial charge < -0.3 is 5.32 Å². The zero-order valence-electron chi connectivity index (χ0n) is 13.9. The Morgan fingerprint density at radius 2 is 1.85 bits per heavy atom. The van der Waals surface area contributed by atoms with E-state index in [2.05, 4.69) is 5.32 Å². The highest BCUT2D eigenvalue weighted by Crippen LogP contribution is 2.41. The van der Waals surface area contributed by atoms with Crippen LogP contribution in [0.3, 0.4) is 0 Å². The van der Waals surface area contributed by atoms with Crippen LogP contribution < -0.4 is 9.62 Å². The molecule has 0 fully saturated rings. The molecular weight excluding hydrogens is 355 g/mol. The number of nitrogens with zero attached hydrogens (tertiary/aromatic N) is 1. The minimum absolute atomic E-state index is 0.194. The lowest BCUT2D eigenvalue weighted by Gasteiger charge is -2.18. The van der Waals surface area contributed by atoms with Crippen LogP contribution in [0.25, 0.3) is 10.8 Å². The first-order chi connectivity index (χ1) is 12.4. The molecule has 0 atom stereocenters. The molecule has 26 heavy (non-hydrogen) atoms. The lowest BCUT2D eigenvalue weighted by molar-refractivity contribution is -0.114. The normalized spacial score (nSPS) is 14.6. The van der Waals surface area contributed by atoms with Gasteiger partial charge in [0.25, 0.3) is 10.0 Å². The molecule has 0 aromatic heterocycles. The molecule has 132 valence electrons. The number of rotatable bonds is 3. The van der Waals surface area contributed by atoms with Crippen LogP contribution in [0.2, 0.25) is 0 Å². The minimum atomic E-state index is -3.80. The van der Waals surface area contributed by atoms with Crippen LogP contribution in [0.15, 0.2) is 59.5 Å². The van der Waals surface area contributed by atoms with Gasteiger partial charge in [-0.05, 0) is 42.1 Å². The second-order valence-corrected chi connectivity index (χ2v) is 7.99. The van der Waals surface area contributed by atoms with E-state index in [9.17, 15) is 17.6 Å². The van der Waals surface area contributed by atoms with E-state index in [-0.39, 0.29) is 17.1 Å². The number of sulfonamides is 1. The quantitative estimate of drug-likeness (QED) is 0.768. The Morgan fingerprint density at radius 1 is 1.12 bits per heavy atom. The maximum Gasteiger partial charge on any atom is 0.265 e. The fourth-order valence-electron chi connectivity index (χ4n) is 3.13. The molecule has 0 radical (unpaired) electrons. The van der Waals surface area contributed by atoms with Crippen molar-refractivity contribution in [3.63, 3.8) is 0 Å². The predicted octanol–water partition coefficient (Wildman–Crippen LogP) is 3.43. The number of hydrogen-bond acceptors (Lipinski definition) is 3. The zero-order valence-corrected chi connectivity index (χ0v) is 14.7. The van der Waals surface area contributed by atoms with E-state index < -0.39 is 21.7 Å². The molecule has 1 aliphatic rings. The largest absolute Gasteiger partial charge is 0.324 e. The topological polar surface area (TPSA) is 66.5 Å². The van der Waals surface area contributed by atoms with Gasteiger partial charge in [-0.2, -0.15) is 0 Å². The Morgan fingerprint density at radius 3 is 2.58 bits per heavy atom. The van der Waals surface area contributed by atoms with Gasteiger partial charge >= 0.3 is 0 Å². The number of carbonyl (C=O) groups excluding carboxylic acids is 1. The highest BCUT2D eigenvalue weighted by Gasteiger charge is 2.36. The fourth-order valence-corrected chi connectivity index (χ4v) is 4.80. The zero-order chi connectivity index (χ0) is 18.5. The third kappa shape index (κ3) is 2.52. The smallest absolute Gasteiger partial charge is 0.265 e. The van der Waals surface area contributed by atoms with Crippen molar-refractivity contribution in [2.75, 3.05) is 16.2 Å². The van der Waals surface area contributed by atoms with Crippen molar-refractivity contribution in [1.82, 2.24) is 0 Å². The van der Waals surface area contributed by atoms with Gasteiger partial charge in [0, 0.05) is 11.1 Å². The van der Waals surface area contributed by atoms with Crippen LogP contribution in [-0.2, 0) is 14.8 Å². The third-order valence-electron chi connectivity index (χ3n) is 4.42. The molecule has 0 saturated carbocycles. The van der Waals surface area contributed by atoms with E-state index >= 15 is 0 Å². The molecule has 3 aromatic rings. The first kappa shape index (κ1) is 16.5. The second kappa shape index (κ2) is 5.81. The number of anilines is 2. The van der Waals surface area contributed by atoms with Gasteiger partial charge in [0.2, 0.25) is 5.91 Å². The number of aryl methyl sites for hydroxylation is 1. The second-order valence-electron chi connectivity index (χ2n) is 6.16. The van der Waals surface area contributed by atoms with Crippen molar-refractivity contribution in [3.05, 3.63) is 66.0 Å². The Hall–Kier alpha value is -2.93. The molecule has 0 aliphatic carbocycles. The number of hydrogen-bond donors (Lipinski definition) is 1. The monoisotopic (exact) mass is 370 g/mol. The summed E-state index contributed by atoms with van der Waals surface area (Å²) in [6.07, 6.45) is 0. The summed E-state index contributed by atoms with van der Waals surface area (Å²) in [5.41, 5.74) is 1.22. The molecule has 4 rings (SSSR count). The van der Waals surface area contributed by atoms with E-state index in [1.54, 1.807) is 37.3 Å². The summed E-state index contributed by atoms with van der Waals surface area (Å²) >= 11 is 0. The Bertz CT molecular complexity index is 1150. The van der Waals surface area contributed by atoms with E-state index in [4.69, 9.17) is 0 Å². The van der Waals surface area contributed by atoms with Gasteiger partial charge in [-0.25, -0.2) is 12.8 Å². The Balaban J connectivity index is 1.65. The number of benzene rings is 3. The number of amides is 1. The molecule has 0 spiro atoms. The molecule has 1 heterocycles. The van der Waals surface area contributed by atoms with Gasteiger partial charge in [-0.1, -0.05) is 30.3 Å². The van der Waals surface area contributed by atoms with Crippen LogP contribution in [0, 0.1) is 12.7 Å². The molecule has 7 heteroatoms. The third-order valence-corrected chi connectivity index (χ3v) is 6.23. The van der Waals surface area contributed by atoms with Gasteiger partial charge in [0.05, 0.1) is 10.6 Å². The summed E-state index contributed by atoms with van der Waals surface area (Å²) in [5, 5.41) is 3.96. The van der Waals surface area contributed by atoms with Crippen LogP contribution in [0.1, 0.15) is 5.56 Å². The van der Waals surface area contributed by atoms with Gasteiger partial charge in [-0.15, -0.1) is 0 Å². The average Bonchev–Trinajstić information content (AvgIpc) is 2.82. The van der Waals surface area contributed by atoms with Crippen LogP contribution in [0.5, 0.6) is 0 Å². The van der Waals surface area contributed by atoms with Crippen molar-refractivity contribution in [1.29, 1.82) is 0 Å². The first-order valence-corrected chi connectivity index (χ1v) is 9.42. The molecule has 3 aromatic carbocycles. The Labute approximate surface area is 150 Å². The van der Waals surface area contributed by atoms with E-state index in [0.29, 0.717) is 16.6 Å². The molecule has 1 N–H and O–H groups in total. The Kier molecular flexibility index (Phi) is 3.69. The summed E-state index contributed by atoms with van der Waals surface area (Å²) in [6, 6.07) is 14.6. The minimum Gasteiger partial charge on any atom is -0.324 e. The highest BCUT2D eigenvalue weighted by molar-refractivity contribution is 7.93. The predicted molar refractivity (Wildman–Crippen MR) is 98.2 cm³/mol. The summed E-state index contributed by atoms with van der Waals surface area (Å²) in [4.78, 5) is 12.6. The maximum atomic E-state index is 13.6. The molecule has 0 saturated heterocycles. The highest BCUT2D eigenvalue weighted by atomic mass is 32.2. The van der Waals surface area contributed by atoms with Gasteiger partial charge in [-0.3, -0.25) is 9.10 Å². The number of carbonyl (C=O) groups is 1. The van der Waals surface area contributed by atoms with Crippen LogP contribution >= 0.6 is 0 Å². The van der Waals surface area contributed by atoms with Crippen LogP contribution in [0.4, 0.5) is 15.8 Å². The van der Waals surface area contributed by atoms with Gasteiger partial charge in [0.15, 0.2) is 0 Å². The summed E-state index contributed by atoms with van der Waals surface area (Å²) in [6.45, 7) is 1.24. The molecule has 5 nitrogen and oxygen atoms in total. The molecule has 0 unspecified atom stereocenters. The van der Waals surface area contributed by atoms with Crippen molar-refractivity contribution < 1.29 is 17.6 Å². The van der Waals surface area contributed by atoms with Crippen molar-refractivity contribution >= 4 is 38.1 Å². The SMILES string of the molecule is Cc1ccc(NC(=O)CN2c3cccc4cccc(c34)S2(=O)=O)cc1F. The van der Waals surface area contributed by atoms with E-state index in [1.807, 2.05) is 12.1 Å². The lowest BCUT2D eigenvalue weighted by Crippen LogP contribution is -2.35. The van der Waals surface area contributed by atoms with E-state index in [1.165, 1.54) is 12.1 Å². The lowest BCUT2D eigenvalue weighted by atomic mass is 10.1. The standard InChI is InChI=1S/C19H15FN2O3S/c1-12-8-9-14(10-15(12)20)21-18(23)11-22-16-6-2-4-13-5-3-7-17(19(13)16)26(22,24)25/h2-10H,11H2,1H3,(H,21,23). The van der Waals surface area contributed by atoms with Crippen LogP contribution in [-0.4, -0.2) is 20.9 Å². The molecular formula is C19H15FN2O3S. The van der Waals surface area contributed by atoms with Crippen molar-refractivity contribution in [3.8, 4) is 0 Å².